The summed E-state index contributed by atoms with van der Waals surface area (Å²) in [5.41, 5.74) is 3.04. The van der Waals surface area contributed by atoms with Crippen molar-refractivity contribution in [2.75, 3.05) is 64.5 Å². The fourth-order valence-electron chi connectivity index (χ4n) is 10.3. The zero-order valence-electron chi connectivity index (χ0n) is 32.8. The van der Waals surface area contributed by atoms with Gasteiger partial charge in [-0.05, 0) is 117 Å². The average Bonchev–Trinajstić information content (AvgIpc) is 3.30. The smallest absolute Gasteiger partial charge is 0.262 e. The van der Waals surface area contributed by atoms with Crippen LogP contribution >= 0.6 is 11.6 Å². The fourth-order valence-corrected chi connectivity index (χ4v) is 12.0. The van der Waals surface area contributed by atoms with E-state index in [0.717, 1.165) is 74.7 Å². The molecule has 2 bridgehead atoms. The number of nitrogens with zero attached hydrogens (tertiary/aromatic N) is 3. The van der Waals surface area contributed by atoms with Gasteiger partial charge in [0.15, 0.2) is 0 Å². The van der Waals surface area contributed by atoms with Crippen molar-refractivity contribution in [2.24, 2.45) is 17.8 Å². The number of halogens is 1. The molecule has 4 aliphatic heterocycles. The number of ether oxygens (including phenoxy) is 3. The van der Waals surface area contributed by atoms with Gasteiger partial charge >= 0.3 is 0 Å². The van der Waals surface area contributed by atoms with E-state index < -0.39 is 21.4 Å². The molecular weight excluding hydrogens is 736 g/mol. The number of piperazine rings is 1. The number of benzene rings is 2. The van der Waals surface area contributed by atoms with Crippen LogP contribution in [0.25, 0.3) is 0 Å². The Morgan fingerprint density at radius 3 is 2.71 bits per heavy atom. The van der Waals surface area contributed by atoms with Gasteiger partial charge in [0.05, 0.1) is 34.7 Å². The molecule has 0 radical (unpaired) electrons. The summed E-state index contributed by atoms with van der Waals surface area (Å²) in [6.45, 7) is 11.3. The Kier molecular flexibility index (Phi) is 10.6. The van der Waals surface area contributed by atoms with Crippen molar-refractivity contribution in [1.82, 2.24) is 14.5 Å². The maximum absolute atomic E-state index is 14.1. The van der Waals surface area contributed by atoms with Crippen molar-refractivity contribution in [3.8, 4) is 5.75 Å². The molecule has 3 fully saturated rings. The minimum absolute atomic E-state index is 0.0162. The van der Waals surface area contributed by atoms with E-state index in [0.29, 0.717) is 44.2 Å². The SMILES string of the molecule is C=S1(=O)NC(=O)c2ccc3c(c2)N(C[C@@H]2CC[C@H]2[C@](CN2CCN4C(=O)[C@H](C)OC[C@@H]4C2)(OC)/C=C/C[C@H](C)[C@H]1C)C[C@@]1(CCCc2cc(Cl)ccc21)CO3. The van der Waals surface area contributed by atoms with Crippen LogP contribution < -0.4 is 14.4 Å². The van der Waals surface area contributed by atoms with Crippen molar-refractivity contribution in [3.63, 3.8) is 0 Å². The average molecular weight is 793 g/mol. The highest BCUT2D eigenvalue weighted by Gasteiger charge is 2.50. The lowest BCUT2D eigenvalue weighted by Crippen LogP contribution is -2.65. The summed E-state index contributed by atoms with van der Waals surface area (Å²) >= 11 is 6.52. The largest absolute Gasteiger partial charge is 0.490 e. The Hall–Kier alpha value is -3.09. The molecule has 298 valence electrons. The summed E-state index contributed by atoms with van der Waals surface area (Å²) < 4.78 is 36.3. The highest BCUT2D eigenvalue weighted by atomic mass is 35.5. The van der Waals surface area contributed by atoms with Gasteiger partial charge in [-0.2, -0.15) is 0 Å². The number of amides is 2. The van der Waals surface area contributed by atoms with E-state index in [9.17, 15) is 13.8 Å². The number of carbonyl (C=O) groups excluding carboxylic acids is 2. The van der Waals surface area contributed by atoms with Gasteiger partial charge in [0.25, 0.3) is 11.8 Å². The van der Waals surface area contributed by atoms with Crippen molar-refractivity contribution < 1.29 is 28.0 Å². The van der Waals surface area contributed by atoms with Gasteiger partial charge in [-0.15, -0.1) is 0 Å². The van der Waals surface area contributed by atoms with Gasteiger partial charge in [0.2, 0.25) is 0 Å². The van der Waals surface area contributed by atoms with Crippen molar-refractivity contribution in [1.29, 1.82) is 0 Å². The third-order valence-electron chi connectivity index (χ3n) is 14.0. The zero-order valence-corrected chi connectivity index (χ0v) is 34.3. The molecule has 9 atom stereocenters. The van der Waals surface area contributed by atoms with Crippen molar-refractivity contribution in [2.45, 2.75) is 87.7 Å². The first kappa shape index (κ1) is 38.8. The number of nitrogens with one attached hydrogen (secondary N) is 1. The molecule has 10 nitrogen and oxygen atoms in total. The monoisotopic (exact) mass is 792 g/mol. The van der Waals surface area contributed by atoms with Gasteiger partial charge in [0.1, 0.15) is 17.5 Å². The number of carbonyl (C=O) groups is 2. The number of rotatable bonds is 3. The third kappa shape index (κ3) is 7.22. The summed E-state index contributed by atoms with van der Waals surface area (Å²) in [5, 5.41) is 0.377. The van der Waals surface area contributed by atoms with E-state index in [1.807, 2.05) is 44.1 Å². The summed E-state index contributed by atoms with van der Waals surface area (Å²) in [4.78, 5) is 33.7. The number of morpholine rings is 1. The number of allylic oxidation sites excluding steroid dienone is 1. The topological polar surface area (TPSA) is 101 Å². The molecule has 6 aliphatic rings. The molecule has 2 amide bonds. The molecule has 2 aromatic rings. The molecule has 1 unspecified atom stereocenters. The molecule has 2 saturated heterocycles. The minimum Gasteiger partial charge on any atom is -0.490 e. The van der Waals surface area contributed by atoms with Crippen LogP contribution in [0.4, 0.5) is 5.69 Å². The maximum atomic E-state index is 14.1. The van der Waals surface area contributed by atoms with Gasteiger partial charge < -0.3 is 24.0 Å². The lowest BCUT2D eigenvalue weighted by Gasteiger charge is -2.53. The Morgan fingerprint density at radius 2 is 1.93 bits per heavy atom. The molecule has 8 rings (SSSR count). The van der Waals surface area contributed by atoms with Crippen LogP contribution in [-0.4, -0.2) is 114 Å². The highest BCUT2D eigenvalue weighted by molar-refractivity contribution is 7.99. The number of hydrogen-bond acceptors (Lipinski definition) is 8. The van der Waals surface area contributed by atoms with Crippen molar-refractivity contribution >= 4 is 44.7 Å². The van der Waals surface area contributed by atoms with Crippen LogP contribution in [0.5, 0.6) is 5.75 Å². The van der Waals surface area contributed by atoms with Crippen LogP contribution in [0.2, 0.25) is 5.02 Å². The summed E-state index contributed by atoms with van der Waals surface area (Å²) in [6.07, 6.45) is 9.84. The molecule has 0 aromatic heterocycles. The number of hydrogen-bond donors (Lipinski definition) is 1. The minimum atomic E-state index is -2.99. The molecule has 55 heavy (non-hydrogen) atoms. The van der Waals surface area contributed by atoms with E-state index >= 15 is 0 Å². The number of aryl methyl sites for hydroxylation is 1. The zero-order chi connectivity index (χ0) is 38.7. The van der Waals surface area contributed by atoms with E-state index in [2.05, 4.69) is 51.6 Å². The van der Waals surface area contributed by atoms with E-state index in [4.69, 9.17) is 25.8 Å². The molecule has 2 aromatic carbocycles. The predicted octanol–water partition coefficient (Wildman–Crippen LogP) is 5.50. The Balaban J connectivity index is 1.18. The molecule has 2 aliphatic carbocycles. The summed E-state index contributed by atoms with van der Waals surface area (Å²) in [7, 11) is -1.15. The van der Waals surface area contributed by atoms with E-state index in [1.165, 1.54) is 11.1 Å². The third-order valence-corrected chi connectivity index (χ3v) is 16.4. The molecule has 4 heterocycles. The Bertz CT molecular complexity index is 1960. The first-order chi connectivity index (χ1) is 26.3. The van der Waals surface area contributed by atoms with Gasteiger partial charge in [-0.25, -0.2) is 4.21 Å². The standard InChI is InChI=1S/C43H57ClN4O6S/c1-28-8-6-17-43(52-4,26-46-18-19-48-35(23-46)24-53-29(2)41(48)50)37-13-10-33(37)22-47-25-42(16-7-9-31-20-34(44)12-14-36(31)42)27-54-39-15-11-32(21-38(39)47)40(49)45-55(5,51)30(28)3/h6,11-12,14-15,17,20-21,28-30,33,35,37H,5,7-10,13,16,18-19,22-27H2,1-4H3,(H,45,49,51)/b17-6+/t28-,29-,30+,33-,35-,37+,42-,43-,55?/m0/s1. The van der Waals surface area contributed by atoms with Crippen LogP contribution in [0, 0.1) is 17.8 Å². The maximum Gasteiger partial charge on any atom is 0.262 e. The highest BCUT2D eigenvalue weighted by Crippen LogP contribution is 2.49. The molecule has 1 spiro atoms. The van der Waals surface area contributed by atoms with Crippen molar-refractivity contribution in [3.05, 3.63) is 70.3 Å². The van der Waals surface area contributed by atoms with Crippen LogP contribution in [0.15, 0.2) is 48.6 Å². The van der Waals surface area contributed by atoms with Gasteiger partial charge in [0, 0.05) is 67.6 Å². The summed E-state index contributed by atoms with van der Waals surface area (Å²) in [5.74, 6) is 5.02. The second-order valence-electron chi connectivity index (χ2n) is 17.3. The number of anilines is 1. The lowest BCUT2D eigenvalue weighted by atomic mass is 9.63. The van der Waals surface area contributed by atoms with Crippen LogP contribution in [0.3, 0.4) is 0 Å². The molecule has 1 N–H and O–H groups in total. The molecule has 12 heteroatoms. The predicted molar refractivity (Wildman–Crippen MR) is 219 cm³/mol. The summed E-state index contributed by atoms with van der Waals surface area (Å²) in [6, 6.07) is 11.9. The Morgan fingerprint density at radius 1 is 1.09 bits per heavy atom. The lowest BCUT2D eigenvalue weighted by molar-refractivity contribution is -0.164. The normalized spacial score (nSPS) is 37.4. The van der Waals surface area contributed by atoms with Crippen LogP contribution in [-0.2, 0) is 35.8 Å². The first-order valence-electron chi connectivity index (χ1n) is 20.2. The first-order valence-corrected chi connectivity index (χ1v) is 22.3. The van der Waals surface area contributed by atoms with E-state index in [-0.39, 0.29) is 40.4 Å². The Labute approximate surface area is 332 Å². The quantitative estimate of drug-likeness (QED) is 0.322. The fraction of sp³-hybridized carbons (Fsp3) is 0.605. The second kappa shape index (κ2) is 15.0. The van der Waals surface area contributed by atoms with Crippen LogP contribution in [0.1, 0.15) is 74.4 Å². The molecule has 1 saturated carbocycles. The second-order valence-corrected chi connectivity index (χ2v) is 20.1. The number of fused-ring (bicyclic) bond motifs is 5. The van der Waals surface area contributed by atoms with E-state index in [1.54, 1.807) is 6.07 Å². The van der Waals surface area contributed by atoms with Gasteiger partial charge in [-0.1, -0.05) is 36.7 Å². The number of methoxy groups -OCH3 is 1. The molecular formula is C43H57ClN4O6S. The van der Waals surface area contributed by atoms with Gasteiger partial charge in [-0.3, -0.25) is 19.2 Å².